The molecule has 1 aliphatic carbocycles. The lowest BCUT2D eigenvalue weighted by molar-refractivity contribution is -0.150. The van der Waals surface area contributed by atoms with Crippen molar-refractivity contribution in [1.29, 1.82) is 0 Å². The van der Waals surface area contributed by atoms with Crippen LogP contribution in [-0.2, 0) is 14.3 Å². The van der Waals surface area contributed by atoms with Crippen molar-refractivity contribution in [3.05, 3.63) is 53.5 Å². The van der Waals surface area contributed by atoms with Gasteiger partial charge in [0.15, 0.2) is 0 Å². The van der Waals surface area contributed by atoms with Crippen LogP contribution < -0.4 is 10.6 Å². The third kappa shape index (κ3) is 4.04. The predicted molar refractivity (Wildman–Crippen MR) is 122 cm³/mol. The number of benzene rings is 1. The van der Waals surface area contributed by atoms with Crippen LogP contribution >= 0.6 is 0 Å². The number of carbonyl (C=O) groups excluding carboxylic acids is 3. The summed E-state index contributed by atoms with van der Waals surface area (Å²) < 4.78 is 11.3. The van der Waals surface area contributed by atoms with E-state index in [0.29, 0.717) is 49.7 Å². The van der Waals surface area contributed by atoms with Gasteiger partial charge >= 0.3 is 0 Å². The first-order chi connectivity index (χ1) is 16.2. The number of β-amino-alcohol motifs (C(OH)–C–C–N with tert-alkyl or cyclic N) is 1. The van der Waals surface area contributed by atoms with E-state index in [2.05, 4.69) is 17.6 Å². The molecule has 2 aliphatic heterocycles. The summed E-state index contributed by atoms with van der Waals surface area (Å²) in [6.45, 7) is 5.78. The van der Waals surface area contributed by atoms with Crippen molar-refractivity contribution in [1.82, 2.24) is 10.2 Å². The molecule has 3 N–H and O–H groups in total. The van der Waals surface area contributed by atoms with Gasteiger partial charge in [-0.25, -0.2) is 0 Å². The molecule has 0 spiro atoms. The molecule has 34 heavy (non-hydrogen) atoms. The van der Waals surface area contributed by atoms with Crippen molar-refractivity contribution in [3.63, 3.8) is 0 Å². The van der Waals surface area contributed by atoms with Gasteiger partial charge in [-0.15, -0.1) is 0 Å². The molecule has 5 rings (SSSR count). The number of ether oxygens (including phenoxy) is 1. The van der Waals surface area contributed by atoms with E-state index in [1.54, 1.807) is 29.2 Å². The van der Waals surface area contributed by atoms with Gasteiger partial charge in [0.25, 0.3) is 5.91 Å². The van der Waals surface area contributed by atoms with Crippen LogP contribution in [0.3, 0.4) is 0 Å². The second kappa shape index (κ2) is 8.65. The maximum Gasteiger partial charge on any atom is 0.254 e. The average Bonchev–Trinajstić information content (AvgIpc) is 3.44. The topological polar surface area (TPSA) is 121 Å². The molecule has 3 heterocycles. The van der Waals surface area contributed by atoms with Gasteiger partial charge in [-0.2, -0.15) is 0 Å². The van der Waals surface area contributed by atoms with Crippen LogP contribution in [0.2, 0.25) is 0 Å². The van der Waals surface area contributed by atoms with Gasteiger partial charge in [0.2, 0.25) is 11.6 Å². The van der Waals surface area contributed by atoms with Gasteiger partial charge in [-0.05, 0) is 43.7 Å². The number of aliphatic hydroxyl groups is 1. The zero-order valence-electron chi connectivity index (χ0n) is 19.2. The summed E-state index contributed by atoms with van der Waals surface area (Å²) in [5.74, 6) is 0.323. The fourth-order valence-corrected chi connectivity index (χ4v) is 4.87. The minimum Gasteiger partial charge on any atom is -0.465 e. The van der Waals surface area contributed by atoms with Crippen molar-refractivity contribution < 1.29 is 28.6 Å². The molecule has 9 nitrogen and oxygen atoms in total. The van der Waals surface area contributed by atoms with E-state index in [4.69, 9.17) is 9.15 Å². The largest absolute Gasteiger partial charge is 0.465 e. The van der Waals surface area contributed by atoms with Crippen molar-refractivity contribution >= 4 is 23.2 Å². The Morgan fingerprint density at radius 2 is 1.94 bits per heavy atom. The number of anilines is 1. The minimum absolute atomic E-state index is 0.169. The first kappa shape index (κ1) is 22.8. The first-order valence-corrected chi connectivity index (χ1v) is 11.6. The third-order valence-corrected chi connectivity index (χ3v) is 6.98. The normalized spacial score (nSPS) is 26.7. The molecule has 3 aliphatic rings. The second-order valence-electron chi connectivity index (χ2n) is 9.80. The lowest BCUT2D eigenvalue weighted by Crippen LogP contribution is -2.69. The number of aliphatic hydroxyl groups excluding tert-OH is 1. The molecule has 1 aromatic heterocycles. The van der Waals surface area contributed by atoms with Gasteiger partial charge in [0.05, 0.1) is 25.4 Å². The van der Waals surface area contributed by atoms with Gasteiger partial charge in [-0.1, -0.05) is 13.0 Å². The molecule has 1 saturated carbocycles. The number of aryl methyl sites for hydroxylation is 1. The summed E-state index contributed by atoms with van der Waals surface area (Å²) in [5.41, 5.74) is 0.775. The number of likely N-dealkylation sites (tertiary alicyclic amines) is 1. The smallest absolute Gasteiger partial charge is 0.254 e. The number of rotatable bonds is 7. The predicted octanol–water partition coefficient (Wildman–Crippen LogP) is 1.46. The molecule has 1 amide bonds. The highest BCUT2D eigenvalue weighted by atomic mass is 16.5. The van der Waals surface area contributed by atoms with Gasteiger partial charge in [-0.3, -0.25) is 19.7 Å². The number of nitrogens with zero attached hydrogens (tertiary/aromatic N) is 1. The highest BCUT2D eigenvalue weighted by Crippen LogP contribution is 2.41. The Morgan fingerprint density at radius 1 is 1.18 bits per heavy atom. The highest BCUT2D eigenvalue weighted by Gasteiger charge is 2.53. The number of amides is 1. The maximum absolute atomic E-state index is 12.8. The molecular formula is C25H29N3O6. The molecule has 0 bridgehead atoms. The summed E-state index contributed by atoms with van der Waals surface area (Å²) >= 11 is 0. The molecule has 0 radical (unpaired) electrons. The maximum atomic E-state index is 12.8. The number of Topliss-reactive ketones (excluding diaryl/α,β-unsaturated/α-hetero) is 2. The van der Waals surface area contributed by atoms with Crippen LogP contribution in [0.15, 0.2) is 40.8 Å². The summed E-state index contributed by atoms with van der Waals surface area (Å²) in [6, 6.07) is 8.85. The van der Waals surface area contributed by atoms with Crippen molar-refractivity contribution in [2.75, 3.05) is 31.6 Å². The van der Waals surface area contributed by atoms with E-state index in [1.807, 2.05) is 19.1 Å². The van der Waals surface area contributed by atoms with Gasteiger partial charge in [0, 0.05) is 29.8 Å². The monoisotopic (exact) mass is 467 g/mol. The van der Waals surface area contributed by atoms with Crippen molar-refractivity contribution in [2.45, 2.75) is 44.5 Å². The Labute approximate surface area is 197 Å². The van der Waals surface area contributed by atoms with Crippen molar-refractivity contribution in [3.8, 4) is 0 Å². The molecule has 2 saturated heterocycles. The summed E-state index contributed by atoms with van der Waals surface area (Å²) in [4.78, 5) is 39.4. The Hall–Kier alpha value is -3.01. The van der Waals surface area contributed by atoms with E-state index < -0.39 is 29.8 Å². The zero-order chi connectivity index (χ0) is 24.0. The number of carbonyl (C=O) groups is 3. The Morgan fingerprint density at radius 3 is 2.56 bits per heavy atom. The van der Waals surface area contributed by atoms with Crippen LogP contribution in [-0.4, -0.2) is 72.0 Å². The Bertz CT molecular complexity index is 1120. The van der Waals surface area contributed by atoms with Crippen LogP contribution in [0.25, 0.3) is 0 Å². The number of hydrogen-bond acceptors (Lipinski definition) is 8. The summed E-state index contributed by atoms with van der Waals surface area (Å²) in [7, 11) is 0. The highest BCUT2D eigenvalue weighted by molar-refractivity contribution is 6.49. The summed E-state index contributed by atoms with van der Waals surface area (Å²) in [5, 5.41) is 16.2. The van der Waals surface area contributed by atoms with Crippen LogP contribution in [0.4, 0.5) is 5.69 Å². The SMILES string of the molecule is Cc1ccc(C(NC2C(=O)C(=O)C2Nc2cccc(C(=O)N3CCC(O)C3)c2)C2(C)COC2)o1. The van der Waals surface area contributed by atoms with Crippen LogP contribution in [0, 0.1) is 12.3 Å². The zero-order valence-corrected chi connectivity index (χ0v) is 19.2. The molecule has 2 aromatic rings. The van der Waals surface area contributed by atoms with Gasteiger partial charge in [0.1, 0.15) is 23.6 Å². The molecule has 4 atom stereocenters. The fraction of sp³-hybridized carbons (Fsp3) is 0.480. The molecular weight excluding hydrogens is 438 g/mol. The Balaban J connectivity index is 1.32. The number of hydrogen-bond donors (Lipinski definition) is 3. The number of ketones is 2. The molecule has 1 aromatic carbocycles. The quantitative estimate of drug-likeness (QED) is 0.524. The summed E-state index contributed by atoms with van der Waals surface area (Å²) in [6.07, 6.45) is 0.0697. The van der Waals surface area contributed by atoms with E-state index in [9.17, 15) is 19.5 Å². The average molecular weight is 468 g/mol. The molecule has 3 fully saturated rings. The second-order valence-corrected chi connectivity index (χ2v) is 9.80. The fourth-order valence-electron chi connectivity index (χ4n) is 4.87. The van der Waals surface area contributed by atoms with E-state index >= 15 is 0 Å². The van der Waals surface area contributed by atoms with Crippen molar-refractivity contribution in [2.24, 2.45) is 5.41 Å². The van der Waals surface area contributed by atoms with Crippen LogP contribution in [0.5, 0.6) is 0 Å². The minimum atomic E-state index is -0.755. The molecule has 4 unspecified atom stereocenters. The lowest BCUT2D eigenvalue weighted by Gasteiger charge is -2.47. The van der Waals surface area contributed by atoms with Gasteiger partial charge < -0.3 is 24.5 Å². The molecule has 9 heteroatoms. The molecule has 180 valence electrons. The van der Waals surface area contributed by atoms with Crippen LogP contribution in [0.1, 0.15) is 41.3 Å². The standard InChI is InChI=1S/C25H29N3O6/c1-14-6-7-18(34-14)23(25(2)12-33-13-25)27-20-19(21(30)22(20)31)26-16-5-3-4-15(10-16)24(32)28-9-8-17(29)11-28/h3-7,10,17,19-20,23,26-27,29H,8-9,11-13H2,1-2H3. The lowest BCUT2D eigenvalue weighted by atomic mass is 9.76. The van der Waals surface area contributed by atoms with E-state index in [0.717, 1.165) is 5.76 Å². The van der Waals surface area contributed by atoms with E-state index in [1.165, 1.54) is 0 Å². The Kier molecular flexibility index (Phi) is 5.79. The number of furan rings is 1. The van der Waals surface area contributed by atoms with E-state index in [-0.39, 0.29) is 17.4 Å². The third-order valence-electron chi connectivity index (χ3n) is 6.98. The number of nitrogens with one attached hydrogen (secondary N) is 2. The first-order valence-electron chi connectivity index (χ1n) is 11.6.